The summed E-state index contributed by atoms with van der Waals surface area (Å²) in [5.74, 6) is -9.29. The van der Waals surface area contributed by atoms with E-state index in [1.165, 1.54) is 6.92 Å². The Balaban J connectivity index is 0.976. The Hall–Kier alpha value is -4.33. The Labute approximate surface area is 662 Å². The van der Waals surface area contributed by atoms with Crippen LogP contribution in [-0.4, -0.2) is 497 Å². The lowest BCUT2D eigenvalue weighted by Crippen LogP contribution is -2.72. The van der Waals surface area contributed by atoms with Crippen LogP contribution in [-0.2, 0) is 104 Å². The molecule has 9 aliphatic rings. The molecule has 0 aliphatic carbocycles. The van der Waals surface area contributed by atoms with Crippen LogP contribution in [0.2, 0.25) is 0 Å². The normalized spacial score (nSPS) is 47.9. The molecule has 9 rings (SSSR count). The zero-order valence-electron chi connectivity index (χ0n) is 63.0. The molecule has 676 valence electrons. The van der Waals surface area contributed by atoms with Crippen molar-refractivity contribution in [3.8, 4) is 0 Å². The summed E-state index contributed by atoms with van der Waals surface area (Å²) in [5, 5.41) is 298. The van der Waals surface area contributed by atoms with Crippen molar-refractivity contribution in [3.05, 3.63) is 0 Å². The summed E-state index contributed by atoms with van der Waals surface area (Å²) in [5.41, 5.74) is 0. The Kier molecular flexibility index (Phi) is 34.2. The molecule has 4 amide bonds. The highest BCUT2D eigenvalue weighted by Crippen LogP contribution is 2.43. The third kappa shape index (κ3) is 21.0. The van der Waals surface area contributed by atoms with E-state index in [1.807, 2.05) is 0 Å². The molecule has 52 nitrogen and oxygen atoms in total. The van der Waals surface area contributed by atoms with E-state index in [0.29, 0.717) is 0 Å². The third-order valence-electron chi connectivity index (χ3n) is 21.3. The van der Waals surface area contributed by atoms with Crippen LogP contribution in [0.3, 0.4) is 0 Å². The molecule has 0 aromatic carbocycles. The van der Waals surface area contributed by atoms with E-state index < -0.39 is 371 Å². The topological polar surface area (TPSA) is 816 Å². The number of aliphatic carboxylic acids is 1. The Morgan fingerprint density at radius 3 is 1.08 bits per heavy atom. The van der Waals surface area contributed by atoms with E-state index in [1.54, 1.807) is 0 Å². The number of aliphatic hydroxyl groups is 25. The first-order valence-corrected chi connectivity index (χ1v) is 37.1. The summed E-state index contributed by atoms with van der Waals surface area (Å²) in [4.78, 5) is 64.8. The number of nitrogens with one attached hydrogen (secondary N) is 4. The number of carbonyl (C=O) groups excluding carboxylic acids is 4. The molecule has 0 bridgehead atoms. The molecule has 0 aromatic rings. The number of carboxylic acid groups (broad SMARTS) is 1. The van der Waals surface area contributed by atoms with Crippen LogP contribution < -0.4 is 21.3 Å². The molecule has 0 unspecified atom stereocenters. The summed E-state index contributed by atoms with van der Waals surface area (Å²) in [6.07, 6.45) is -88.2. The van der Waals surface area contributed by atoms with Crippen molar-refractivity contribution in [2.75, 3.05) is 52.9 Å². The third-order valence-corrected chi connectivity index (χ3v) is 21.3. The minimum atomic E-state index is -3.33. The second kappa shape index (κ2) is 41.4. The minimum Gasteiger partial charge on any atom is -0.477 e. The average Bonchev–Trinajstić information content (AvgIpc) is 0.757. The van der Waals surface area contributed by atoms with Crippen LogP contribution in [0.5, 0.6) is 0 Å². The SMILES string of the molecule is CC(=O)N[C@H]1[C@H](O[C@@H]2[C@@H](O)[C@H](O)O[C@H](CO)[C@@H]2O)O[C@H](CO)[C@@H](O[C@@H]2O[C@H](CO)[C@H](O)[C@H](O[C@@H]3O[C@H](CO)[C@@H](O[C@@H]4O[C@H](CO)[C@H](O)[C@H](O[C@@H]5O[C@H](CO)[C@@H](O[C@@H]6O[C@H](CO)[C@H](O)[C@H](O[C@]7(C(=O)O)C[C@H](O)[C@@H](NC(C)=O)[C@H]([C@H](O)[C@H](O)CO)O7)[C@H]6O)[C@H](O[C@@H]6O[C@@H](C)[C@@H](O)[C@@H](O)[C@@H]6O)[C@H]5NC(C)=O)[C@H]4O)[C@H](O)[C@H]3NC(C)=O)[C@H]2O)[C@@H]1O. The van der Waals surface area contributed by atoms with Crippen molar-refractivity contribution in [1.29, 1.82) is 0 Å². The molecule has 9 aliphatic heterocycles. The van der Waals surface area contributed by atoms with Crippen LogP contribution in [0.1, 0.15) is 41.0 Å². The van der Waals surface area contributed by atoms with Crippen molar-refractivity contribution < 1.29 is 237 Å². The molecular formula is C65H108N4O48. The van der Waals surface area contributed by atoms with E-state index in [4.69, 9.17) is 80.5 Å². The average molecular weight is 1710 g/mol. The van der Waals surface area contributed by atoms with Gasteiger partial charge >= 0.3 is 5.97 Å². The molecule has 0 radical (unpaired) electrons. The van der Waals surface area contributed by atoms with E-state index >= 15 is 0 Å². The van der Waals surface area contributed by atoms with Gasteiger partial charge in [-0.05, 0) is 6.92 Å². The molecule has 30 N–H and O–H groups in total. The summed E-state index contributed by atoms with van der Waals surface area (Å²) >= 11 is 0. The molecule has 0 aromatic heterocycles. The van der Waals surface area contributed by atoms with E-state index in [9.17, 15) is 157 Å². The Morgan fingerprint density at radius 2 is 0.675 bits per heavy atom. The number of rotatable bonds is 31. The minimum absolute atomic E-state index is 0.874. The Morgan fingerprint density at radius 1 is 0.350 bits per heavy atom. The van der Waals surface area contributed by atoms with Crippen molar-refractivity contribution in [1.82, 2.24) is 21.3 Å². The van der Waals surface area contributed by atoms with Crippen LogP contribution in [0.25, 0.3) is 0 Å². The Bertz CT molecular complexity index is 3190. The fraction of sp³-hybridized carbons (Fsp3) is 0.923. The maximum Gasteiger partial charge on any atom is 0.364 e. The van der Waals surface area contributed by atoms with Gasteiger partial charge in [-0.25, -0.2) is 4.79 Å². The second-order valence-electron chi connectivity index (χ2n) is 29.5. The summed E-state index contributed by atoms with van der Waals surface area (Å²) in [6, 6.07) is -7.65. The van der Waals surface area contributed by atoms with Crippen molar-refractivity contribution in [3.63, 3.8) is 0 Å². The van der Waals surface area contributed by atoms with Gasteiger partial charge in [0.1, 0.15) is 207 Å². The van der Waals surface area contributed by atoms with Gasteiger partial charge in [0.2, 0.25) is 23.6 Å². The monoisotopic (exact) mass is 1710 g/mol. The number of hydrogen-bond donors (Lipinski definition) is 30. The lowest BCUT2D eigenvalue weighted by atomic mass is 9.88. The predicted octanol–water partition coefficient (Wildman–Crippen LogP) is -19.8. The number of hydrogen-bond acceptors (Lipinski definition) is 47. The van der Waals surface area contributed by atoms with Crippen LogP contribution in [0.4, 0.5) is 0 Å². The quantitative estimate of drug-likeness (QED) is 0.0306. The number of carbonyl (C=O) groups is 5. The fourth-order valence-electron chi connectivity index (χ4n) is 15.2. The molecule has 0 spiro atoms. The van der Waals surface area contributed by atoms with Gasteiger partial charge in [0, 0.05) is 34.1 Å². The maximum atomic E-state index is 13.5. The molecule has 52 heteroatoms. The predicted molar refractivity (Wildman–Crippen MR) is 359 cm³/mol. The van der Waals surface area contributed by atoms with E-state index in [-0.39, 0.29) is 0 Å². The number of carboxylic acids is 1. The molecule has 9 saturated heterocycles. The van der Waals surface area contributed by atoms with Gasteiger partial charge in [0.25, 0.3) is 5.79 Å². The van der Waals surface area contributed by atoms with Crippen molar-refractivity contribution >= 4 is 29.6 Å². The second-order valence-corrected chi connectivity index (χ2v) is 29.5. The standard InChI is InChI=1S/C65H108N4O48/c1-15-33(84)41(92)42(93)60(101-15)112-51-32(69-19(5)81)59(108-28(14-77)49(51)111-63-46(97)55(38(89)25(11-74)105-63)117-65(64(99)100)6-20(82)29(66-16(2)78)50(116-65)34(85)21(83)7-70)115-54-37(88)24(10-73)104-62(45(54)96)110-48-27(13-76)107-58(31(40(48)91)68-18(4)80)114-53-36(87)23(9-72)103-61(44(53)95)109-47-26(12-75)106-57(30(39(47)90)67-17(3)79)113-52-35(86)22(8-71)102-56(98)43(52)94/h15,20-63,70-77,82-98H,6-14H2,1-5H3,(H,66,78)(H,67,79)(H,68,80)(H,69,81)(H,99,100)/t15-,20-,21+,22+,23+,24+,25+,26+,27+,28+,29+,30+,31+,32+,33+,34+,35-,36-,37-,38-,39+,40+,41+,42-,43+,44+,45+,46+,47+,48+,49+,50+,51+,52-,53-,54-,55-,56+,57-,58-,59-,60-,61-,62-,63-,65-/m0/s1. The van der Waals surface area contributed by atoms with Crippen LogP contribution >= 0.6 is 0 Å². The molecule has 9 fully saturated rings. The molecule has 117 heavy (non-hydrogen) atoms. The summed E-state index contributed by atoms with van der Waals surface area (Å²) in [6.45, 7) is -4.40. The van der Waals surface area contributed by atoms with E-state index in [2.05, 4.69) is 21.3 Å². The van der Waals surface area contributed by atoms with Gasteiger partial charge in [0.05, 0.1) is 71.1 Å². The fourth-order valence-corrected chi connectivity index (χ4v) is 15.2. The first-order chi connectivity index (χ1) is 55.2. The van der Waals surface area contributed by atoms with Gasteiger partial charge in [-0.3, -0.25) is 19.2 Å². The highest BCUT2D eigenvalue weighted by molar-refractivity contribution is 5.77. The van der Waals surface area contributed by atoms with Crippen molar-refractivity contribution in [2.24, 2.45) is 0 Å². The summed E-state index contributed by atoms with van der Waals surface area (Å²) < 4.78 is 100. The molecule has 0 saturated carbocycles. The largest absolute Gasteiger partial charge is 0.477 e. The summed E-state index contributed by atoms with van der Waals surface area (Å²) in [7, 11) is 0. The number of amides is 4. The zero-order chi connectivity index (χ0) is 86.6. The highest BCUT2D eigenvalue weighted by atomic mass is 16.8. The number of ether oxygens (including phenoxy) is 17. The van der Waals surface area contributed by atoms with Crippen molar-refractivity contribution in [2.45, 2.75) is 323 Å². The maximum absolute atomic E-state index is 13.5. The van der Waals surface area contributed by atoms with Gasteiger partial charge in [0.15, 0.2) is 50.3 Å². The van der Waals surface area contributed by atoms with Gasteiger partial charge in [-0.1, -0.05) is 0 Å². The lowest BCUT2D eigenvalue weighted by molar-refractivity contribution is -0.400. The highest BCUT2D eigenvalue weighted by Gasteiger charge is 2.64. The zero-order valence-corrected chi connectivity index (χ0v) is 63.0. The van der Waals surface area contributed by atoms with Gasteiger partial charge in [-0.2, -0.15) is 0 Å². The van der Waals surface area contributed by atoms with Gasteiger partial charge in [-0.15, -0.1) is 0 Å². The number of aliphatic hydroxyl groups excluding tert-OH is 25. The molecular weight excluding hydrogens is 1600 g/mol. The smallest absolute Gasteiger partial charge is 0.364 e. The van der Waals surface area contributed by atoms with E-state index in [0.717, 1.165) is 27.7 Å². The molecule has 46 atom stereocenters. The van der Waals surface area contributed by atoms with Crippen LogP contribution in [0.15, 0.2) is 0 Å². The van der Waals surface area contributed by atoms with Gasteiger partial charge < -0.3 is 235 Å². The first kappa shape index (κ1) is 96.5. The lowest BCUT2D eigenvalue weighted by Gasteiger charge is -2.52. The first-order valence-electron chi connectivity index (χ1n) is 37.1. The molecule has 9 heterocycles. The van der Waals surface area contributed by atoms with Crippen LogP contribution in [0, 0.1) is 0 Å².